The summed E-state index contributed by atoms with van der Waals surface area (Å²) in [7, 11) is 0. The summed E-state index contributed by atoms with van der Waals surface area (Å²) in [6.45, 7) is 5.00. The Labute approximate surface area is 175 Å². The van der Waals surface area contributed by atoms with Gasteiger partial charge in [-0.15, -0.1) is 0 Å². The summed E-state index contributed by atoms with van der Waals surface area (Å²) in [5.41, 5.74) is 3.30. The first-order valence-electron chi connectivity index (χ1n) is 10.4. The monoisotopic (exact) mass is 408 g/mol. The molecule has 1 amide bonds. The van der Waals surface area contributed by atoms with E-state index >= 15 is 0 Å². The molecule has 0 unspecified atom stereocenters. The molecule has 0 N–H and O–H groups in total. The number of imidazole rings is 1. The van der Waals surface area contributed by atoms with Crippen LogP contribution in [0.3, 0.4) is 0 Å². The third-order valence-corrected chi connectivity index (χ3v) is 6.18. The number of amides is 1. The van der Waals surface area contributed by atoms with Gasteiger partial charge in [0.25, 0.3) is 0 Å². The second-order valence-electron chi connectivity index (χ2n) is 8.11. The van der Waals surface area contributed by atoms with Crippen LogP contribution in [0, 0.1) is 5.92 Å². The average Bonchev–Trinajstić information content (AvgIpc) is 3.54. The number of benzene rings is 2. The molecule has 2 heterocycles. The van der Waals surface area contributed by atoms with Crippen molar-refractivity contribution in [2.75, 3.05) is 26.2 Å². The van der Waals surface area contributed by atoms with E-state index in [9.17, 15) is 4.79 Å². The number of rotatable bonds is 5. The number of carbonyl (C=O) groups is 1. The molecule has 2 aliphatic rings. The maximum absolute atomic E-state index is 12.3. The molecule has 1 aliphatic heterocycles. The molecule has 1 saturated heterocycles. The Hall–Kier alpha value is -2.37. The van der Waals surface area contributed by atoms with Gasteiger partial charge in [-0.2, -0.15) is 0 Å². The summed E-state index contributed by atoms with van der Waals surface area (Å²) in [5, 5.41) is 0.709. The standard InChI is InChI=1S/C23H25ClN4O/c24-19-8-9-21-20(14-19)25-22(28(21)15-17-4-2-1-3-5-17)16-26-10-12-27(13-11-26)23(29)18-6-7-18/h1-5,8-9,14,18H,6-7,10-13,15-16H2. The highest BCUT2D eigenvalue weighted by molar-refractivity contribution is 6.31. The number of hydrogen-bond donors (Lipinski definition) is 0. The van der Waals surface area contributed by atoms with Crippen LogP contribution in [0.25, 0.3) is 11.0 Å². The average molecular weight is 409 g/mol. The molecule has 2 aromatic carbocycles. The number of aromatic nitrogens is 2. The molecule has 0 bridgehead atoms. The van der Waals surface area contributed by atoms with Crippen molar-refractivity contribution in [3.05, 3.63) is 64.9 Å². The van der Waals surface area contributed by atoms with E-state index in [-0.39, 0.29) is 0 Å². The fraction of sp³-hybridized carbons (Fsp3) is 0.391. The normalized spacial score (nSPS) is 17.8. The highest BCUT2D eigenvalue weighted by Crippen LogP contribution is 2.31. The van der Waals surface area contributed by atoms with Crippen molar-refractivity contribution in [2.45, 2.75) is 25.9 Å². The van der Waals surface area contributed by atoms with E-state index in [0.717, 1.165) is 69.0 Å². The van der Waals surface area contributed by atoms with E-state index in [0.29, 0.717) is 16.8 Å². The van der Waals surface area contributed by atoms with Crippen molar-refractivity contribution in [2.24, 2.45) is 5.92 Å². The molecular formula is C23H25ClN4O. The van der Waals surface area contributed by atoms with Gasteiger partial charge >= 0.3 is 0 Å². The lowest BCUT2D eigenvalue weighted by atomic mass is 10.2. The minimum atomic E-state index is 0.307. The molecule has 1 saturated carbocycles. The van der Waals surface area contributed by atoms with Crippen LogP contribution in [0.5, 0.6) is 0 Å². The first-order chi connectivity index (χ1) is 14.2. The number of piperazine rings is 1. The van der Waals surface area contributed by atoms with Crippen molar-refractivity contribution in [1.82, 2.24) is 19.4 Å². The SMILES string of the molecule is O=C(C1CC1)N1CCN(Cc2nc3cc(Cl)ccc3n2Cc2ccccc2)CC1. The zero-order valence-electron chi connectivity index (χ0n) is 16.4. The van der Waals surface area contributed by atoms with Crippen molar-refractivity contribution in [1.29, 1.82) is 0 Å². The summed E-state index contributed by atoms with van der Waals surface area (Å²) >= 11 is 6.21. The minimum absolute atomic E-state index is 0.307. The topological polar surface area (TPSA) is 41.4 Å². The molecule has 150 valence electrons. The Balaban J connectivity index is 1.36. The molecule has 0 radical (unpaired) electrons. The van der Waals surface area contributed by atoms with Gasteiger partial charge in [-0.05, 0) is 36.6 Å². The third kappa shape index (κ3) is 4.02. The summed E-state index contributed by atoms with van der Waals surface area (Å²) in [6.07, 6.45) is 2.15. The lowest BCUT2D eigenvalue weighted by molar-refractivity contribution is -0.134. The Bertz CT molecular complexity index is 1020. The summed E-state index contributed by atoms with van der Waals surface area (Å²) in [5.74, 6) is 1.71. The number of halogens is 1. The van der Waals surface area contributed by atoms with Gasteiger partial charge in [0.1, 0.15) is 5.82 Å². The van der Waals surface area contributed by atoms with Crippen molar-refractivity contribution in [3.8, 4) is 0 Å². The summed E-state index contributed by atoms with van der Waals surface area (Å²) in [4.78, 5) is 21.7. The van der Waals surface area contributed by atoms with Gasteiger partial charge in [-0.25, -0.2) is 4.98 Å². The smallest absolute Gasteiger partial charge is 0.225 e. The summed E-state index contributed by atoms with van der Waals surface area (Å²) in [6, 6.07) is 16.4. The molecular weight excluding hydrogens is 384 g/mol. The van der Waals surface area contributed by atoms with Crippen LogP contribution < -0.4 is 0 Å². The van der Waals surface area contributed by atoms with E-state index in [2.05, 4.69) is 39.8 Å². The minimum Gasteiger partial charge on any atom is -0.340 e. The molecule has 0 spiro atoms. The highest BCUT2D eigenvalue weighted by atomic mass is 35.5. The van der Waals surface area contributed by atoms with Crippen LogP contribution in [-0.4, -0.2) is 51.4 Å². The van der Waals surface area contributed by atoms with Crippen LogP contribution >= 0.6 is 11.6 Å². The van der Waals surface area contributed by atoms with Gasteiger partial charge in [-0.1, -0.05) is 41.9 Å². The van der Waals surface area contributed by atoms with Crippen LogP contribution in [-0.2, 0) is 17.9 Å². The second kappa shape index (κ2) is 7.81. The van der Waals surface area contributed by atoms with E-state index in [1.165, 1.54) is 5.56 Å². The zero-order chi connectivity index (χ0) is 19.8. The fourth-order valence-corrected chi connectivity index (χ4v) is 4.30. The number of hydrogen-bond acceptors (Lipinski definition) is 3. The van der Waals surface area contributed by atoms with Gasteiger partial charge in [0.15, 0.2) is 0 Å². The largest absolute Gasteiger partial charge is 0.340 e. The third-order valence-electron chi connectivity index (χ3n) is 5.95. The molecule has 5 nitrogen and oxygen atoms in total. The van der Waals surface area contributed by atoms with Crippen molar-refractivity contribution < 1.29 is 4.79 Å². The first-order valence-corrected chi connectivity index (χ1v) is 10.7. The number of fused-ring (bicyclic) bond motifs is 1. The molecule has 29 heavy (non-hydrogen) atoms. The molecule has 1 aromatic heterocycles. The summed E-state index contributed by atoms with van der Waals surface area (Å²) < 4.78 is 2.29. The molecule has 1 aliphatic carbocycles. The van der Waals surface area contributed by atoms with Crippen LogP contribution in [0.2, 0.25) is 5.02 Å². The molecule has 0 atom stereocenters. The van der Waals surface area contributed by atoms with Crippen LogP contribution in [0.15, 0.2) is 48.5 Å². The van der Waals surface area contributed by atoms with E-state index < -0.39 is 0 Å². The Kier molecular flexibility index (Phi) is 5.02. The number of nitrogens with zero attached hydrogens (tertiary/aromatic N) is 4. The Morgan fingerprint density at radius 2 is 1.76 bits per heavy atom. The van der Waals surface area contributed by atoms with E-state index in [1.54, 1.807) is 0 Å². The van der Waals surface area contributed by atoms with Gasteiger partial charge in [-0.3, -0.25) is 9.69 Å². The molecule has 2 fully saturated rings. The predicted octanol–water partition coefficient (Wildman–Crippen LogP) is 3.79. The van der Waals surface area contributed by atoms with Crippen LogP contribution in [0.4, 0.5) is 0 Å². The Morgan fingerprint density at radius 3 is 2.48 bits per heavy atom. The maximum atomic E-state index is 12.3. The second-order valence-corrected chi connectivity index (χ2v) is 8.54. The van der Waals surface area contributed by atoms with Crippen molar-refractivity contribution >= 4 is 28.5 Å². The zero-order valence-corrected chi connectivity index (χ0v) is 17.2. The molecule has 5 rings (SSSR count). The van der Waals surface area contributed by atoms with E-state index in [4.69, 9.17) is 16.6 Å². The maximum Gasteiger partial charge on any atom is 0.225 e. The van der Waals surface area contributed by atoms with E-state index in [1.807, 2.05) is 23.1 Å². The van der Waals surface area contributed by atoms with Gasteiger partial charge in [0.05, 0.1) is 17.6 Å². The van der Waals surface area contributed by atoms with Crippen molar-refractivity contribution in [3.63, 3.8) is 0 Å². The van der Waals surface area contributed by atoms with Crippen LogP contribution in [0.1, 0.15) is 24.2 Å². The number of carbonyl (C=O) groups excluding carboxylic acids is 1. The quantitative estimate of drug-likeness (QED) is 0.645. The molecule has 3 aromatic rings. The Morgan fingerprint density at radius 1 is 1.00 bits per heavy atom. The predicted molar refractivity (Wildman–Crippen MR) is 115 cm³/mol. The first kappa shape index (κ1) is 18.6. The van der Waals surface area contributed by atoms with Gasteiger partial charge in [0.2, 0.25) is 5.91 Å². The molecule has 6 heteroatoms. The lowest BCUT2D eigenvalue weighted by Crippen LogP contribution is -2.49. The fourth-order valence-electron chi connectivity index (χ4n) is 4.13. The van der Waals surface area contributed by atoms with Gasteiger partial charge in [0, 0.05) is 43.7 Å². The highest BCUT2D eigenvalue weighted by Gasteiger charge is 2.34. The van der Waals surface area contributed by atoms with Gasteiger partial charge < -0.3 is 9.47 Å². The lowest BCUT2D eigenvalue weighted by Gasteiger charge is -2.34.